The molecule has 1 heterocycles. The number of nitrogens with zero attached hydrogens (tertiary/aromatic N) is 1. The van der Waals surface area contributed by atoms with Gasteiger partial charge in [-0.15, -0.1) is 0 Å². The molecule has 0 saturated carbocycles. The molecule has 182 valence electrons. The molecular formula is C28H17FN2O6. The fraction of sp³-hybridized carbons (Fsp3) is 0. The van der Waals surface area contributed by atoms with Crippen LogP contribution in [0.3, 0.4) is 0 Å². The highest BCUT2D eigenvalue weighted by Gasteiger charge is 2.17. The first-order valence-corrected chi connectivity index (χ1v) is 11.0. The minimum atomic E-state index is -0.623. The second-order valence-corrected chi connectivity index (χ2v) is 8.17. The van der Waals surface area contributed by atoms with E-state index in [2.05, 4.69) is 5.32 Å². The van der Waals surface area contributed by atoms with Gasteiger partial charge in [0.25, 0.3) is 11.6 Å². The van der Waals surface area contributed by atoms with Crippen LogP contribution in [0.2, 0.25) is 0 Å². The summed E-state index contributed by atoms with van der Waals surface area (Å²) in [6.45, 7) is 0. The highest BCUT2D eigenvalue weighted by atomic mass is 19.1. The molecule has 0 saturated heterocycles. The topological polar surface area (TPSA) is 123 Å². The van der Waals surface area contributed by atoms with Crippen LogP contribution in [-0.2, 0) is 0 Å². The van der Waals surface area contributed by atoms with Crippen LogP contribution >= 0.6 is 0 Å². The lowest BCUT2D eigenvalue weighted by Gasteiger charge is -2.10. The molecule has 0 bridgehead atoms. The average molecular weight is 496 g/mol. The predicted octanol–water partition coefficient (Wildman–Crippen LogP) is 6.13. The van der Waals surface area contributed by atoms with Gasteiger partial charge in [0.05, 0.1) is 10.3 Å². The summed E-state index contributed by atoms with van der Waals surface area (Å²) in [7, 11) is 0. The maximum absolute atomic E-state index is 13.3. The number of halogens is 1. The number of carbonyl (C=O) groups excluding carboxylic acids is 1. The van der Waals surface area contributed by atoms with Crippen LogP contribution in [0.15, 0.2) is 100 Å². The van der Waals surface area contributed by atoms with Gasteiger partial charge in [-0.05, 0) is 59.7 Å². The molecule has 5 aromatic rings. The average Bonchev–Trinajstić information content (AvgIpc) is 2.91. The van der Waals surface area contributed by atoms with Gasteiger partial charge < -0.3 is 14.8 Å². The van der Waals surface area contributed by atoms with Gasteiger partial charge in [0.15, 0.2) is 5.76 Å². The smallest absolute Gasteiger partial charge is 0.269 e. The first-order valence-electron chi connectivity index (χ1n) is 11.0. The fourth-order valence-electron chi connectivity index (χ4n) is 3.88. The molecule has 37 heavy (non-hydrogen) atoms. The number of amides is 1. The second-order valence-electron chi connectivity index (χ2n) is 8.17. The first kappa shape index (κ1) is 23.4. The van der Waals surface area contributed by atoms with Gasteiger partial charge in [-0.25, -0.2) is 4.39 Å². The van der Waals surface area contributed by atoms with Crippen LogP contribution in [0.5, 0.6) is 5.75 Å². The van der Waals surface area contributed by atoms with Crippen LogP contribution in [0.4, 0.5) is 15.8 Å². The van der Waals surface area contributed by atoms with Crippen molar-refractivity contribution < 1.29 is 23.6 Å². The number of nitro benzene ring substituents is 1. The standard InChI is InChI=1S/C28H17FN2O6/c29-20-9-4-16(5-10-20)18-8-13-23-24(15-18)37-27(26(33)25(23)32)19-2-1-3-21(14-19)30-28(34)17-6-11-22(12-7-17)31(35)36/h1-15,33H,(H,30,34). The molecule has 0 unspecified atom stereocenters. The van der Waals surface area contributed by atoms with Gasteiger partial charge in [-0.1, -0.05) is 30.3 Å². The van der Waals surface area contributed by atoms with Gasteiger partial charge in [0.2, 0.25) is 11.2 Å². The van der Waals surface area contributed by atoms with Crippen LogP contribution < -0.4 is 10.7 Å². The number of nitrogens with one attached hydrogen (secondary N) is 1. The molecule has 9 heteroatoms. The Morgan fingerprint density at radius 2 is 1.59 bits per heavy atom. The Bertz CT molecular complexity index is 1730. The fourth-order valence-corrected chi connectivity index (χ4v) is 3.88. The van der Waals surface area contributed by atoms with E-state index in [-0.39, 0.29) is 33.8 Å². The van der Waals surface area contributed by atoms with Gasteiger partial charge in [-0.2, -0.15) is 0 Å². The summed E-state index contributed by atoms with van der Waals surface area (Å²) in [6, 6.07) is 22.2. The van der Waals surface area contributed by atoms with Crippen LogP contribution in [0.1, 0.15) is 10.4 Å². The monoisotopic (exact) mass is 496 g/mol. The number of fused-ring (bicyclic) bond motifs is 1. The molecule has 0 aliphatic rings. The molecule has 4 aromatic carbocycles. The molecule has 0 aliphatic heterocycles. The van der Waals surface area contributed by atoms with Gasteiger partial charge >= 0.3 is 0 Å². The summed E-state index contributed by atoms with van der Waals surface area (Å²) in [5.74, 6) is -1.54. The van der Waals surface area contributed by atoms with Crippen molar-refractivity contribution in [1.29, 1.82) is 0 Å². The summed E-state index contributed by atoms with van der Waals surface area (Å²) in [5, 5.41) is 24.3. The van der Waals surface area contributed by atoms with E-state index in [9.17, 15) is 29.2 Å². The Morgan fingerprint density at radius 1 is 0.892 bits per heavy atom. The van der Waals surface area contributed by atoms with Crippen molar-refractivity contribution in [3.63, 3.8) is 0 Å². The molecule has 0 atom stereocenters. The van der Waals surface area contributed by atoms with E-state index in [1.807, 2.05) is 0 Å². The van der Waals surface area contributed by atoms with Crippen LogP contribution in [0, 0.1) is 15.9 Å². The molecule has 0 aliphatic carbocycles. The predicted molar refractivity (Wildman–Crippen MR) is 136 cm³/mol. The van der Waals surface area contributed by atoms with E-state index < -0.39 is 22.0 Å². The molecule has 5 rings (SSSR count). The zero-order valence-electron chi connectivity index (χ0n) is 19.0. The van der Waals surface area contributed by atoms with Crippen molar-refractivity contribution in [3.05, 3.63) is 123 Å². The highest BCUT2D eigenvalue weighted by molar-refractivity contribution is 6.04. The summed E-state index contributed by atoms with van der Waals surface area (Å²) in [6.07, 6.45) is 0. The van der Waals surface area contributed by atoms with E-state index in [4.69, 9.17) is 4.42 Å². The Morgan fingerprint density at radius 3 is 2.30 bits per heavy atom. The molecule has 2 N–H and O–H groups in total. The van der Waals surface area contributed by atoms with E-state index in [0.717, 1.165) is 5.56 Å². The molecular weight excluding hydrogens is 479 g/mol. The lowest BCUT2D eigenvalue weighted by molar-refractivity contribution is -0.384. The molecule has 0 spiro atoms. The quantitative estimate of drug-likeness (QED) is 0.223. The summed E-state index contributed by atoms with van der Waals surface area (Å²) >= 11 is 0. The second kappa shape index (κ2) is 9.38. The number of aromatic hydroxyl groups is 1. The van der Waals surface area contributed by atoms with E-state index >= 15 is 0 Å². The maximum Gasteiger partial charge on any atom is 0.269 e. The van der Waals surface area contributed by atoms with E-state index in [0.29, 0.717) is 16.8 Å². The SMILES string of the molecule is O=C(Nc1cccc(-c2oc3cc(-c4ccc(F)cc4)ccc3c(=O)c2O)c1)c1ccc([N+](=O)[O-])cc1. The molecule has 0 radical (unpaired) electrons. The Labute approximate surface area is 208 Å². The zero-order chi connectivity index (χ0) is 26.1. The highest BCUT2D eigenvalue weighted by Crippen LogP contribution is 2.33. The van der Waals surface area contributed by atoms with Gasteiger partial charge in [0, 0.05) is 28.9 Å². The first-order chi connectivity index (χ1) is 17.8. The van der Waals surface area contributed by atoms with Crippen LogP contribution in [-0.4, -0.2) is 15.9 Å². The number of carbonyl (C=O) groups is 1. The van der Waals surface area contributed by atoms with Crippen LogP contribution in [0.25, 0.3) is 33.4 Å². The van der Waals surface area contributed by atoms with Crippen molar-refractivity contribution in [2.24, 2.45) is 0 Å². The summed E-state index contributed by atoms with van der Waals surface area (Å²) in [4.78, 5) is 35.7. The Hall–Kier alpha value is -5.31. The third kappa shape index (κ3) is 4.65. The Balaban J connectivity index is 1.49. The third-order valence-corrected chi connectivity index (χ3v) is 5.77. The van der Waals surface area contributed by atoms with E-state index in [1.165, 1.54) is 48.5 Å². The minimum absolute atomic E-state index is 0.0832. The number of benzene rings is 4. The number of nitro groups is 1. The molecule has 0 fully saturated rings. The van der Waals surface area contributed by atoms with Crippen molar-refractivity contribution in [1.82, 2.24) is 0 Å². The third-order valence-electron chi connectivity index (χ3n) is 5.77. The Kier molecular flexibility index (Phi) is 5.94. The molecule has 1 aromatic heterocycles. The molecule has 1 amide bonds. The largest absolute Gasteiger partial charge is 0.502 e. The van der Waals surface area contributed by atoms with Crippen molar-refractivity contribution >= 4 is 28.3 Å². The zero-order valence-corrected chi connectivity index (χ0v) is 19.0. The lowest BCUT2D eigenvalue weighted by Crippen LogP contribution is -2.11. The van der Waals surface area contributed by atoms with Gasteiger partial charge in [-0.3, -0.25) is 19.7 Å². The number of rotatable bonds is 5. The van der Waals surface area contributed by atoms with Crippen molar-refractivity contribution in [3.8, 4) is 28.2 Å². The van der Waals surface area contributed by atoms with Gasteiger partial charge in [0.1, 0.15) is 11.4 Å². The maximum atomic E-state index is 13.3. The summed E-state index contributed by atoms with van der Waals surface area (Å²) in [5.41, 5.74) is 1.77. The van der Waals surface area contributed by atoms with Crippen molar-refractivity contribution in [2.75, 3.05) is 5.32 Å². The number of hydrogen-bond acceptors (Lipinski definition) is 6. The number of non-ortho nitro benzene ring substituents is 1. The van der Waals surface area contributed by atoms with Crippen molar-refractivity contribution in [2.45, 2.75) is 0 Å². The minimum Gasteiger partial charge on any atom is -0.502 e. The number of hydrogen-bond donors (Lipinski definition) is 2. The lowest BCUT2D eigenvalue weighted by atomic mass is 10.0. The number of anilines is 1. The summed E-state index contributed by atoms with van der Waals surface area (Å²) < 4.78 is 19.2. The molecule has 8 nitrogen and oxygen atoms in total. The normalized spacial score (nSPS) is 10.8. The van der Waals surface area contributed by atoms with E-state index in [1.54, 1.807) is 42.5 Å².